The minimum atomic E-state index is -4.43. The van der Waals surface area contributed by atoms with Crippen LogP contribution in [0.25, 0.3) is 0 Å². The van der Waals surface area contributed by atoms with Crippen LogP contribution < -0.4 is 15.4 Å². The third-order valence-electron chi connectivity index (χ3n) is 2.99. The highest BCUT2D eigenvalue weighted by Gasteiger charge is 2.28. The van der Waals surface area contributed by atoms with Gasteiger partial charge in [-0.05, 0) is 31.9 Å². The Balaban J connectivity index is 2.63. The Morgan fingerprint density at radius 3 is 2.70 bits per heavy atom. The Morgan fingerprint density at radius 1 is 1.39 bits per heavy atom. The summed E-state index contributed by atoms with van der Waals surface area (Å²) < 4.78 is 41.6. The zero-order valence-corrected chi connectivity index (χ0v) is 13.0. The molecule has 1 rings (SSSR count). The molecule has 5 nitrogen and oxygen atoms in total. The summed E-state index contributed by atoms with van der Waals surface area (Å²) in [5, 5.41) is 13.9. The number of aliphatic hydroxyl groups excluding tert-OH is 1. The summed E-state index contributed by atoms with van der Waals surface area (Å²) in [6.45, 7) is 2.07. The summed E-state index contributed by atoms with van der Waals surface area (Å²) in [7, 11) is 0. The molecule has 8 heteroatoms. The number of carbonyl (C=O) groups is 1. The lowest BCUT2D eigenvalue weighted by Gasteiger charge is -2.16. The molecule has 0 spiro atoms. The van der Waals surface area contributed by atoms with Crippen molar-refractivity contribution in [2.75, 3.05) is 13.2 Å². The molecule has 0 heterocycles. The summed E-state index contributed by atoms with van der Waals surface area (Å²) >= 11 is 0. The lowest BCUT2D eigenvalue weighted by atomic mass is 10.1. The predicted octanol–water partition coefficient (Wildman–Crippen LogP) is 2.51. The molecule has 1 aromatic rings. The van der Waals surface area contributed by atoms with Crippen molar-refractivity contribution in [1.29, 1.82) is 0 Å². The monoisotopic (exact) mass is 334 g/mol. The van der Waals surface area contributed by atoms with Crippen molar-refractivity contribution in [3.8, 4) is 5.75 Å². The van der Waals surface area contributed by atoms with Gasteiger partial charge in [-0.3, -0.25) is 0 Å². The molecule has 0 saturated heterocycles. The van der Waals surface area contributed by atoms with Gasteiger partial charge in [0.05, 0.1) is 0 Å². The number of benzene rings is 1. The Kier molecular flexibility index (Phi) is 7.15. The van der Waals surface area contributed by atoms with Gasteiger partial charge in [-0.2, -0.15) is 13.2 Å². The molecule has 0 aliphatic carbocycles. The van der Waals surface area contributed by atoms with Crippen LogP contribution in [0.4, 0.5) is 18.0 Å². The van der Waals surface area contributed by atoms with Crippen molar-refractivity contribution < 1.29 is 27.8 Å². The molecule has 0 aliphatic heterocycles. The van der Waals surface area contributed by atoms with Gasteiger partial charge < -0.3 is 20.5 Å². The normalized spacial score (nSPS) is 12.6. The van der Waals surface area contributed by atoms with Crippen molar-refractivity contribution in [2.24, 2.45) is 0 Å². The minimum Gasteiger partial charge on any atom is -0.484 e. The fourth-order valence-corrected chi connectivity index (χ4v) is 1.82. The largest absolute Gasteiger partial charge is 0.484 e. The van der Waals surface area contributed by atoms with Gasteiger partial charge in [-0.1, -0.05) is 12.1 Å². The van der Waals surface area contributed by atoms with E-state index in [4.69, 9.17) is 9.84 Å². The summed E-state index contributed by atoms with van der Waals surface area (Å²) in [5.41, 5.74) is 1.21. The van der Waals surface area contributed by atoms with Gasteiger partial charge in [-0.25, -0.2) is 4.79 Å². The Morgan fingerprint density at radius 2 is 2.09 bits per heavy atom. The van der Waals surface area contributed by atoms with E-state index in [1.165, 1.54) is 6.07 Å². The first-order valence-electron chi connectivity index (χ1n) is 7.15. The average molecular weight is 334 g/mol. The first-order valence-corrected chi connectivity index (χ1v) is 7.15. The molecule has 0 aliphatic rings. The highest BCUT2D eigenvalue weighted by molar-refractivity contribution is 5.74. The van der Waals surface area contributed by atoms with Gasteiger partial charge >= 0.3 is 12.2 Å². The van der Waals surface area contributed by atoms with E-state index in [1.54, 1.807) is 26.0 Å². The van der Waals surface area contributed by atoms with Crippen LogP contribution in [0.15, 0.2) is 18.2 Å². The number of nitrogens with one attached hydrogen (secondary N) is 2. The van der Waals surface area contributed by atoms with Gasteiger partial charge in [-0.15, -0.1) is 0 Å². The third kappa shape index (κ3) is 7.73. The van der Waals surface area contributed by atoms with E-state index < -0.39 is 18.8 Å². The number of hydrogen-bond acceptors (Lipinski definition) is 3. The Hall–Kier alpha value is -1.96. The average Bonchev–Trinajstić information content (AvgIpc) is 2.43. The maximum absolute atomic E-state index is 12.3. The SMILES string of the molecule is Cc1ccc(CNC(=O)N[C@H](C)CCO)c(OCC(F)(F)F)c1. The van der Waals surface area contributed by atoms with Crippen molar-refractivity contribution in [2.45, 2.75) is 39.0 Å². The standard InChI is InChI=1S/C15H21F3N2O3/c1-10-3-4-12(13(7-10)23-9-15(16,17)18)8-19-14(22)20-11(2)5-6-21/h3-4,7,11,21H,5-6,8-9H2,1-2H3,(H2,19,20,22)/t11-/m1/s1. The molecule has 0 aromatic heterocycles. The quantitative estimate of drug-likeness (QED) is 0.717. The van der Waals surface area contributed by atoms with Crippen LogP contribution in [-0.4, -0.2) is 36.6 Å². The fraction of sp³-hybridized carbons (Fsp3) is 0.533. The molecule has 23 heavy (non-hydrogen) atoms. The first kappa shape index (κ1) is 19.1. The highest BCUT2D eigenvalue weighted by atomic mass is 19.4. The molecule has 0 radical (unpaired) electrons. The second-order valence-corrected chi connectivity index (χ2v) is 5.26. The molecule has 1 aromatic carbocycles. The summed E-state index contributed by atoms with van der Waals surface area (Å²) in [5.74, 6) is 0.0889. The number of amides is 2. The molecule has 0 saturated carbocycles. The van der Waals surface area contributed by atoms with Gasteiger partial charge in [0.1, 0.15) is 5.75 Å². The fourth-order valence-electron chi connectivity index (χ4n) is 1.82. The van der Waals surface area contributed by atoms with E-state index in [-0.39, 0.29) is 24.9 Å². The number of hydrogen-bond donors (Lipinski definition) is 3. The molecule has 3 N–H and O–H groups in total. The topological polar surface area (TPSA) is 70.6 Å². The molecule has 130 valence electrons. The lowest BCUT2D eigenvalue weighted by molar-refractivity contribution is -0.153. The number of rotatable bonds is 7. The highest BCUT2D eigenvalue weighted by Crippen LogP contribution is 2.23. The smallest absolute Gasteiger partial charge is 0.422 e. The van der Waals surface area contributed by atoms with Crippen LogP contribution in [-0.2, 0) is 6.54 Å². The van der Waals surface area contributed by atoms with E-state index in [2.05, 4.69) is 10.6 Å². The van der Waals surface area contributed by atoms with Crippen molar-refractivity contribution in [3.05, 3.63) is 29.3 Å². The van der Waals surface area contributed by atoms with Gasteiger partial charge in [0.15, 0.2) is 6.61 Å². The van der Waals surface area contributed by atoms with Crippen molar-refractivity contribution in [1.82, 2.24) is 10.6 Å². The number of ether oxygens (including phenoxy) is 1. The van der Waals surface area contributed by atoms with Crippen LogP contribution in [0.5, 0.6) is 5.75 Å². The number of urea groups is 1. The van der Waals surface area contributed by atoms with Crippen molar-refractivity contribution >= 4 is 6.03 Å². The van der Waals surface area contributed by atoms with Crippen LogP contribution in [0.3, 0.4) is 0 Å². The molecule has 1 atom stereocenters. The van der Waals surface area contributed by atoms with E-state index in [0.29, 0.717) is 12.0 Å². The minimum absolute atomic E-state index is 0.0329. The molecular formula is C15H21F3N2O3. The maximum atomic E-state index is 12.3. The molecule has 0 unspecified atom stereocenters. The van der Waals surface area contributed by atoms with Crippen LogP contribution >= 0.6 is 0 Å². The van der Waals surface area contributed by atoms with Crippen LogP contribution in [0, 0.1) is 6.92 Å². The van der Waals surface area contributed by atoms with E-state index >= 15 is 0 Å². The van der Waals surface area contributed by atoms with Crippen LogP contribution in [0.1, 0.15) is 24.5 Å². The first-order chi connectivity index (χ1) is 10.7. The number of carbonyl (C=O) groups excluding carboxylic acids is 1. The molecule has 0 fully saturated rings. The van der Waals surface area contributed by atoms with Gasteiger partial charge in [0.25, 0.3) is 0 Å². The second kappa shape index (κ2) is 8.61. The summed E-state index contributed by atoms with van der Waals surface area (Å²) in [6, 6.07) is 4.16. The zero-order chi connectivity index (χ0) is 17.5. The van der Waals surface area contributed by atoms with E-state index in [1.807, 2.05) is 0 Å². The lowest BCUT2D eigenvalue weighted by Crippen LogP contribution is -2.40. The third-order valence-corrected chi connectivity index (χ3v) is 2.99. The number of aryl methyl sites for hydroxylation is 1. The van der Waals surface area contributed by atoms with Gasteiger partial charge in [0.2, 0.25) is 0 Å². The Labute approximate surface area is 132 Å². The summed E-state index contributed by atoms with van der Waals surface area (Å²) in [4.78, 5) is 11.7. The predicted molar refractivity (Wildman–Crippen MR) is 79.3 cm³/mol. The van der Waals surface area contributed by atoms with Crippen molar-refractivity contribution in [3.63, 3.8) is 0 Å². The zero-order valence-electron chi connectivity index (χ0n) is 13.0. The number of aliphatic hydroxyl groups is 1. The maximum Gasteiger partial charge on any atom is 0.422 e. The van der Waals surface area contributed by atoms with E-state index in [9.17, 15) is 18.0 Å². The Bertz CT molecular complexity index is 521. The summed E-state index contributed by atoms with van der Waals surface area (Å²) in [6.07, 6.45) is -4.01. The number of alkyl halides is 3. The van der Waals surface area contributed by atoms with Crippen LogP contribution in [0.2, 0.25) is 0 Å². The molecule has 2 amide bonds. The van der Waals surface area contributed by atoms with Gasteiger partial charge in [0, 0.05) is 24.8 Å². The second-order valence-electron chi connectivity index (χ2n) is 5.26. The van der Waals surface area contributed by atoms with E-state index in [0.717, 1.165) is 5.56 Å². The molecule has 0 bridgehead atoms. The number of halogens is 3. The molecular weight excluding hydrogens is 313 g/mol.